The predicted molar refractivity (Wildman–Crippen MR) is 83.2 cm³/mol. The summed E-state index contributed by atoms with van der Waals surface area (Å²) in [7, 11) is 0. The van der Waals surface area contributed by atoms with E-state index in [2.05, 4.69) is 0 Å². The number of hydrogen-bond acceptors (Lipinski definition) is 3. The number of benzene rings is 2. The summed E-state index contributed by atoms with van der Waals surface area (Å²) >= 11 is 0. The summed E-state index contributed by atoms with van der Waals surface area (Å²) in [6.45, 7) is 0.301. The maximum Gasteiger partial charge on any atom is 0.309 e. The first-order valence-electron chi connectivity index (χ1n) is 7.53. The van der Waals surface area contributed by atoms with Gasteiger partial charge in [-0.25, -0.2) is 0 Å². The third-order valence-electron chi connectivity index (χ3n) is 3.99. The highest BCUT2D eigenvalue weighted by molar-refractivity contribution is 5.96. The fraction of sp³-hybridized carbons (Fsp3) is 0.263. The second-order valence-corrected chi connectivity index (χ2v) is 5.69. The largest absolute Gasteiger partial charge is 0.461 e. The number of Topliss-reactive ketones (excluding diaryl/α,β-unsaturated/α-hetero) is 1. The summed E-state index contributed by atoms with van der Waals surface area (Å²) in [6, 6.07) is 18.8. The molecule has 0 saturated heterocycles. The van der Waals surface area contributed by atoms with Crippen LogP contribution in [0, 0.1) is 11.8 Å². The fourth-order valence-electron chi connectivity index (χ4n) is 2.58. The summed E-state index contributed by atoms with van der Waals surface area (Å²) in [5.41, 5.74) is 1.69. The van der Waals surface area contributed by atoms with Gasteiger partial charge in [0.05, 0.1) is 5.92 Å². The van der Waals surface area contributed by atoms with E-state index in [-0.39, 0.29) is 23.6 Å². The van der Waals surface area contributed by atoms with Gasteiger partial charge in [-0.15, -0.1) is 0 Å². The number of ketones is 1. The van der Waals surface area contributed by atoms with E-state index in [1.165, 1.54) is 0 Å². The van der Waals surface area contributed by atoms with Crippen molar-refractivity contribution in [3.63, 3.8) is 0 Å². The van der Waals surface area contributed by atoms with Crippen LogP contribution in [0.25, 0.3) is 0 Å². The summed E-state index contributed by atoms with van der Waals surface area (Å²) < 4.78 is 5.32. The highest BCUT2D eigenvalue weighted by Crippen LogP contribution is 2.42. The smallest absolute Gasteiger partial charge is 0.309 e. The minimum absolute atomic E-state index is 0.101. The van der Waals surface area contributed by atoms with Crippen molar-refractivity contribution in [1.82, 2.24) is 0 Å². The maximum atomic E-state index is 12.1. The molecule has 0 N–H and O–H groups in total. The zero-order valence-corrected chi connectivity index (χ0v) is 12.3. The lowest BCUT2D eigenvalue weighted by Gasteiger charge is -2.04. The normalized spacial score (nSPS) is 19.5. The molecular weight excluding hydrogens is 276 g/mol. The SMILES string of the molecule is O=C(C[C@H]1C[C@@H]1C(=O)OCc1ccccc1)c1ccccc1. The van der Waals surface area contributed by atoms with Crippen LogP contribution in [0.2, 0.25) is 0 Å². The molecule has 0 aromatic heterocycles. The fourth-order valence-corrected chi connectivity index (χ4v) is 2.58. The lowest BCUT2D eigenvalue weighted by molar-refractivity contribution is -0.146. The van der Waals surface area contributed by atoms with E-state index in [1.54, 1.807) is 0 Å². The lowest BCUT2D eigenvalue weighted by atomic mass is 10.1. The van der Waals surface area contributed by atoms with Gasteiger partial charge in [0, 0.05) is 12.0 Å². The van der Waals surface area contributed by atoms with Crippen LogP contribution in [0.4, 0.5) is 0 Å². The second-order valence-electron chi connectivity index (χ2n) is 5.69. The number of hydrogen-bond donors (Lipinski definition) is 0. The minimum Gasteiger partial charge on any atom is -0.461 e. The quantitative estimate of drug-likeness (QED) is 0.603. The van der Waals surface area contributed by atoms with Crippen LogP contribution >= 0.6 is 0 Å². The molecule has 3 rings (SSSR count). The number of esters is 1. The first kappa shape index (κ1) is 14.5. The molecule has 0 heterocycles. The molecule has 1 saturated carbocycles. The Kier molecular flexibility index (Phi) is 4.33. The summed E-state index contributed by atoms with van der Waals surface area (Å²) in [4.78, 5) is 24.1. The van der Waals surface area contributed by atoms with Crippen LogP contribution in [0.1, 0.15) is 28.8 Å². The van der Waals surface area contributed by atoms with Gasteiger partial charge in [-0.2, -0.15) is 0 Å². The Morgan fingerprint density at radius 3 is 2.27 bits per heavy atom. The van der Waals surface area contributed by atoms with Crippen molar-refractivity contribution in [2.75, 3.05) is 0 Å². The molecule has 0 bridgehead atoms. The molecule has 3 nitrogen and oxygen atoms in total. The molecular formula is C19H18O3. The molecule has 2 aromatic carbocycles. The molecule has 112 valence electrons. The van der Waals surface area contributed by atoms with Crippen molar-refractivity contribution in [2.45, 2.75) is 19.4 Å². The Balaban J connectivity index is 1.46. The van der Waals surface area contributed by atoms with Crippen molar-refractivity contribution in [2.24, 2.45) is 11.8 Å². The van der Waals surface area contributed by atoms with Crippen molar-refractivity contribution in [3.8, 4) is 0 Å². The number of ether oxygens (including phenoxy) is 1. The number of carbonyl (C=O) groups is 2. The van der Waals surface area contributed by atoms with Gasteiger partial charge in [-0.05, 0) is 17.9 Å². The zero-order valence-electron chi connectivity index (χ0n) is 12.3. The molecule has 0 unspecified atom stereocenters. The third kappa shape index (κ3) is 3.61. The highest BCUT2D eigenvalue weighted by Gasteiger charge is 2.45. The third-order valence-corrected chi connectivity index (χ3v) is 3.99. The second kappa shape index (κ2) is 6.56. The summed E-state index contributed by atoms with van der Waals surface area (Å²) in [5, 5.41) is 0. The zero-order chi connectivity index (χ0) is 15.4. The molecule has 0 amide bonds. The van der Waals surface area contributed by atoms with E-state index in [0.717, 1.165) is 12.0 Å². The average Bonchev–Trinajstić information content (AvgIpc) is 3.33. The first-order valence-corrected chi connectivity index (χ1v) is 7.53. The van der Waals surface area contributed by atoms with Crippen molar-refractivity contribution >= 4 is 11.8 Å². The molecule has 3 heteroatoms. The first-order chi connectivity index (χ1) is 10.7. The van der Waals surface area contributed by atoms with Gasteiger partial charge in [-0.1, -0.05) is 60.7 Å². The van der Waals surface area contributed by atoms with Gasteiger partial charge in [-0.3, -0.25) is 9.59 Å². The monoisotopic (exact) mass is 294 g/mol. The summed E-state index contributed by atoms with van der Waals surface area (Å²) in [5.74, 6) is -0.0639. The Morgan fingerprint density at radius 2 is 1.59 bits per heavy atom. The Morgan fingerprint density at radius 1 is 0.955 bits per heavy atom. The molecule has 0 radical (unpaired) electrons. The van der Waals surface area contributed by atoms with E-state index >= 15 is 0 Å². The van der Waals surface area contributed by atoms with Crippen LogP contribution in [0.5, 0.6) is 0 Å². The van der Waals surface area contributed by atoms with Gasteiger partial charge in [0.1, 0.15) is 6.61 Å². The van der Waals surface area contributed by atoms with Crippen LogP contribution < -0.4 is 0 Å². The number of rotatable bonds is 6. The minimum atomic E-state index is -0.185. The molecule has 1 aliphatic rings. The van der Waals surface area contributed by atoms with Crippen molar-refractivity contribution in [1.29, 1.82) is 0 Å². The van der Waals surface area contributed by atoms with E-state index in [1.807, 2.05) is 60.7 Å². The molecule has 0 aliphatic heterocycles. The van der Waals surface area contributed by atoms with Crippen LogP contribution in [0.3, 0.4) is 0 Å². The van der Waals surface area contributed by atoms with Gasteiger partial charge < -0.3 is 4.74 Å². The van der Waals surface area contributed by atoms with Crippen LogP contribution in [-0.2, 0) is 16.1 Å². The molecule has 1 aliphatic carbocycles. The van der Waals surface area contributed by atoms with Gasteiger partial charge >= 0.3 is 5.97 Å². The predicted octanol–water partition coefficient (Wildman–Crippen LogP) is 3.64. The van der Waals surface area contributed by atoms with E-state index in [0.29, 0.717) is 18.6 Å². The van der Waals surface area contributed by atoms with Crippen LogP contribution in [0.15, 0.2) is 60.7 Å². The highest BCUT2D eigenvalue weighted by atomic mass is 16.5. The molecule has 0 spiro atoms. The molecule has 1 fully saturated rings. The van der Waals surface area contributed by atoms with Crippen LogP contribution in [-0.4, -0.2) is 11.8 Å². The van der Waals surface area contributed by atoms with Crippen molar-refractivity contribution < 1.29 is 14.3 Å². The molecule has 2 aromatic rings. The lowest BCUT2D eigenvalue weighted by Crippen LogP contribution is -2.09. The van der Waals surface area contributed by atoms with E-state index in [4.69, 9.17) is 4.74 Å². The molecule has 22 heavy (non-hydrogen) atoms. The van der Waals surface area contributed by atoms with E-state index < -0.39 is 0 Å². The van der Waals surface area contributed by atoms with E-state index in [9.17, 15) is 9.59 Å². The maximum absolute atomic E-state index is 12.1. The number of carbonyl (C=O) groups excluding carboxylic acids is 2. The molecule has 2 atom stereocenters. The van der Waals surface area contributed by atoms with Gasteiger partial charge in [0.2, 0.25) is 0 Å². The van der Waals surface area contributed by atoms with Crippen molar-refractivity contribution in [3.05, 3.63) is 71.8 Å². The van der Waals surface area contributed by atoms with Gasteiger partial charge in [0.25, 0.3) is 0 Å². The topological polar surface area (TPSA) is 43.4 Å². The summed E-state index contributed by atoms with van der Waals surface area (Å²) in [6.07, 6.45) is 1.18. The Labute approximate surface area is 129 Å². The Hall–Kier alpha value is -2.42. The average molecular weight is 294 g/mol. The Bertz CT molecular complexity index is 649. The van der Waals surface area contributed by atoms with Gasteiger partial charge in [0.15, 0.2) is 5.78 Å². The standard InChI is InChI=1S/C19H18O3/c20-18(15-9-5-2-6-10-15)12-16-11-17(16)19(21)22-13-14-7-3-1-4-8-14/h1-10,16-17H,11-13H2/t16-,17+/m1/s1.